The SMILES string of the molecule is O=[N+]([O-])c1ccc(Oc2ccc3c(c2)OCO3)cc1CCl. The van der Waals surface area contributed by atoms with Crippen LogP contribution in [-0.4, -0.2) is 11.7 Å². The Kier molecular flexibility index (Phi) is 3.53. The first-order chi connectivity index (χ1) is 10.2. The molecule has 1 aliphatic heterocycles. The second-order valence-electron chi connectivity index (χ2n) is 4.30. The second-order valence-corrected chi connectivity index (χ2v) is 4.57. The number of rotatable bonds is 4. The number of alkyl halides is 1. The highest BCUT2D eigenvalue weighted by atomic mass is 35.5. The Hall–Kier alpha value is -2.47. The largest absolute Gasteiger partial charge is 0.457 e. The molecule has 0 saturated heterocycles. The van der Waals surface area contributed by atoms with Gasteiger partial charge in [-0.2, -0.15) is 0 Å². The van der Waals surface area contributed by atoms with Gasteiger partial charge >= 0.3 is 0 Å². The average Bonchev–Trinajstić information content (AvgIpc) is 2.94. The minimum absolute atomic E-state index is 0.0250. The molecule has 0 radical (unpaired) electrons. The molecule has 21 heavy (non-hydrogen) atoms. The highest BCUT2D eigenvalue weighted by molar-refractivity contribution is 6.17. The molecule has 2 aromatic carbocycles. The van der Waals surface area contributed by atoms with Crippen LogP contribution in [0.3, 0.4) is 0 Å². The molecule has 0 spiro atoms. The van der Waals surface area contributed by atoms with E-state index in [1.54, 1.807) is 24.3 Å². The number of hydrogen-bond donors (Lipinski definition) is 0. The van der Waals surface area contributed by atoms with Crippen molar-refractivity contribution in [3.8, 4) is 23.0 Å². The van der Waals surface area contributed by atoms with Crippen molar-refractivity contribution in [2.24, 2.45) is 0 Å². The van der Waals surface area contributed by atoms with Crippen molar-refractivity contribution in [2.75, 3.05) is 6.79 Å². The number of nitro benzene ring substituents is 1. The number of fused-ring (bicyclic) bond motifs is 1. The van der Waals surface area contributed by atoms with E-state index in [4.69, 9.17) is 25.8 Å². The van der Waals surface area contributed by atoms with Crippen molar-refractivity contribution >= 4 is 17.3 Å². The third-order valence-corrected chi connectivity index (χ3v) is 3.26. The summed E-state index contributed by atoms with van der Waals surface area (Å²) in [6, 6.07) is 9.62. The van der Waals surface area contributed by atoms with Gasteiger partial charge in [0.05, 0.1) is 10.8 Å². The van der Waals surface area contributed by atoms with Gasteiger partial charge < -0.3 is 14.2 Å². The van der Waals surface area contributed by atoms with Crippen molar-refractivity contribution in [3.05, 3.63) is 52.1 Å². The molecule has 7 heteroatoms. The molecule has 0 amide bonds. The van der Waals surface area contributed by atoms with Crippen LogP contribution in [-0.2, 0) is 5.88 Å². The van der Waals surface area contributed by atoms with Crippen molar-refractivity contribution in [2.45, 2.75) is 5.88 Å². The predicted octanol–water partition coefficient (Wildman–Crippen LogP) is 3.85. The molecule has 1 heterocycles. The van der Waals surface area contributed by atoms with Crippen LogP contribution in [0.15, 0.2) is 36.4 Å². The Morgan fingerprint density at radius 2 is 1.86 bits per heavy atom. The van der Waals surface area contributed by atoms with E-state index in [1.807, 2.05) is 0 Å². The highest BCUT2D eigenvalue weighted by Gasteiger charge is 2.16. The number of nitro groups is 1. The van der Waals surface area contributed by atoms with Gasteiger partial charge in [-0.15, -0.1) is 11.6 Å². The fourth-order valence-corrected chi connectivity index (χ4v) is 2.20. The molecule has 0 unspecified atom stereocenters. The van der Waals surface area contributed by atoms with Crippen LogP contribution in [0.4, 0.5) is 5.69 Å². The van der Waals surface area contributed by atoms with Gasteiger partial charge in [-0.25, -0.2) is 0 Å². The number of nitrogens with zero attached hydrogens (tertiary/aromatic N) is 1. The molecular formula is C14H10ClNO5. The summed E-state index contributed by atoms with van der Waals surface area (Å²) in [5.74, 6) is 2.32. The van der Waals surface area contributed by atoms with Gasteiger partial charge in [-0.1, -0.05) is 0 Å². The fraction of sp³-hybridized carbons (Fsp3) is 0.143. The maximum atomic E-state index is 10.9. The molecule has 3 rings (SSSR count). The molecule has 0 saturated carbocycles. The molecule has 108 valence electrons. The molecule has 0 aromatic heterocycles. The Labute approximate surface area is 125 Å². The maximum Gasteiger partial charge on any atom is 0.274 e. The van der Waals surface area contributed by atoms with Gasteiger partial charge in [0.15, 0.2) is 11.5 Å². The number of benzene rings is 2. The first-order valence-electron chi connectivity index (χ1n) is 6.08. The minimum Gasteiger partial charge on any atom is -0.457 e. The van der Waals surface area contributed by atoms with Crippen LogP contribution in [0.25, 0.3) is 0 Å². The lowest BCUT2D eigenvalue weighted by Crippen LogP contribution is -1.94. The summed E-state index contributed by atoms with van der Waals surface area (Å²) in [5.41, 5.74) is 0.378. The second kappa shape index (κ2) is 5.49. The molecular weight excluding hydrogens is 298 g/mol. The summed E-state index contributed by atoms with van der Waals surface area (Å²) < 4.78 is 16.1. The van der Waals surface area contributed by atoms with E-state index < -0.39 is 4.92 Å². The summed E-state index contributed by atoms with van der Waals surface area (Å²) in [5, 5.41) is 10.9. The van der Waals surface area contributed by atoms with Gasteiger partial charge in [0.2, 0.25) is 6.79 Å². The van der Waals surface area contributed by atoms with Gasteiger partial charge in [-0.3, -0.25) is 10.1 Å². The Morgan fingerprint density at radius 1 is 1.14 bits per heavy atom. The summed E-state index contributed by atoms with van der Waals surface area (Å²) >= 11 is 5.73. The first kappa shape index (κ1) is 13.5. The Balaban J connectivity index is 1.86. The lowest BCUT2D eigenvalue weighted by atomic mass is 10.2. The van der Waals surface area contributed by atoms with Crippen LogP contribution in [0.1, 0.15) is 5.56 Å². The van der Waals surface area contributed by atoms with Crippen molar-refractivity contribution in [3.63, 3.8) is 0 Å². The zero-order chi connectivity index (χ0) is 14.8. The van der Waals surface area contributed by atoms with E-state index in [0.717, 1.165) is 0 Å². The Bertz CT molecular complexity index is 704. The van der Waals surface area contributed by atoms with E-state index in [9.17, 15) is 10.1 Å². The van der Waals surface area contributed by atoms with E-state index in [-0.39, 0.29) is 18.4 Å². The molecule has 0 N–H and O–H groups in total. The quantitative estimate of drug-likeness (QED) is 0.487. The zero-order valence-electron chi connectivity index (χ0n) is 10.7. The number of halogens is 1. The van der Waals surface area contributed by atoms with Crippen LogP contribution in [0, 0.1) is 10.1 Å². The summed E-state index contributed by atoms with van der Waals surface area (Å²) in [6.45, 7) is 0.187. The van der Waals surface area contributed by atoms with E-state index in [2.05, 4.69) is 0 Å². The van der Waals surface area contributed by atoms with Gasteiger partial charge in [0.25, 0.3) is 5.69 Å². The molecule has 0 atom stereocenters. The lowest BCUT2D eigenvalue weighted by Gasteiger charge is -2.08. The summed E-state index contributed by atoms with van der Waals surface area (Å²) in [6.07, 6.45) is 0. The van der Waals surface area contributed by atoms with Crippen LogP contribution < -0.4 is 14.2 Å². The normalized spacial score (nSPS) is 12.2. The first-order valence-corrected chi connectivity index (χ1v) is 6.61. The monoisotopic (exact) mass is 307 g/mol. The van der Waals surface area contributed by atoms with Gasteiger partial charge in [0.1, 0.15) is 11.5 Å². The fourth-order valence-electron chi connectivity index (χ4n) is 1.99. The highest BCUT2D eigenvalue weighted by Crippen LogP contribution is 2.37. The van der Waals surface area contributed by atoms with Crippen molar-refractivity contribution in [1.29, 1.82) is 0 Å². The summed E-state index contributed by atoms with van der Waals surface area (Å²) in [4.78, 5) is 10.4. The van der Waals surface area contributed by atoms with E-state index in [1.165, 1.54) is 12.1 Å². The molecule has 6 nitrogen and oxygen atoms in total. The lowest BCUT2D eigenvalue weighted by molar-refractivity contribution is -0.385. The third kappa shape index (κ3) is 2.71. The van der Waals surface area contributed by atoms with E-state index >= 15 is 0 Å². The van der Waals surface area contributed by atoms with Crippen LogP contribution in [0.2, 0.25) is 0 Å². The molecule has 0 aliphatic carbocycles. The minimum atomic E-state index is -0.470. The smallest absolute Gasteiger partial charge is 0.274 e. The molecule has 0 bridgehead atoms. The molecule has 1 aliphatic rings. The van der Waals surface area contributed by atoms with Gasteiger partial charge in [-0.05, 0) is 24.3 Å². The molecule has 2 aromatic rings. The standard InChI is InChI=1S/C14H10ClNO5/c15-7-9-5-10(1-3-12(9)16(17)18)21-11-2-4-13-14(6-11)20-8-19-13/h1-6H,7-8H2. The van der Waals surface area contributed by atoms with Crippen LogP contribution >= 0.6 is 11.6 Å². The van der Waals surface area contributed by atoms with E-state index in [0.29, 0.717) is 28.6 Å². The molecule has 0 fully saturated rings. The predicted molar refractivity (Wildman–Crippen MR) is 75.3 cm³/mol. The maximum absolute atomic E-state index is 10.9. The third-order valence-electron chi connectivity index (χ3n) is 2.97. The van der Waals surface area contributed by atoms with Crippen molar-refractivity contribution < 1.29 is 19.1 Å². The average molecular weight is 308 g/mol. The number of ether oxygens (including phenoxy) is 3. The van der Waals surface area contributed by atoms with Gasteiger partial charge in [0, 0.05) is 17.7 Å². The summed E-state index contributed by atoms with van der Waals surface area (Å²) in [7, 11) is 0. The van der Waals surface area contributed by atoms with Crippen molar-refractivity contribution in [1.82, 2.24) is 0 Å². The topological polar surface area (TPSA) is 70.8 Å². The zero-order valence-corrected chi connectivity index (χ0v) is 11.5. The Morgan fingerprint density at radius 3 is 2.62 bits per heavy atom. The number of hydrogen-bond acceptors (Lipinski definition) is 5. The van der Waals surface area contributed by atoms with Crippen LogP contribution in [0.5, 0.6) is 23.0 Å².